The van der Waals surface area contributed by atoms with E-state index in [9.17, 15) is 14.4 Å². The van der Waals surface area contributed by atoms with Crippen molar-refractivity contribution in [3.63, 3.8) is 0 Å². The second-order valence-electron chi connectivity index (χ2n) is 8.09. The first-order chi connectivity index (χ1) is 16.5. The van der Waals surface area contributed by atoms with E-state index < -0.39 is 11.8 Å². The van der Waals surface area contributed by atoms with Crippen molar-refractivity contribution in [1.29, 1.82) is 0 Å². The predicted molar refractivity (Wildman–Crippen MR) is 137 cm³/mol. The number of carbonyl (C=O) groups is 3. The molecule has 0 unspecified atom stereocenters. The van der Waals surface area contributed by atoms with E-state index in [0.29, 0.717) is 35.8 Å². The van der Waals surface area contributed by atoms with Gasteiger partial charge in [-0.1, -0.05) is 36.5 Å². The van der Waals surface area contributed by atoms with Gasteiger partial charge < -0.3 is 4.57 Å². The van der Waals surface area contributed by atoms with Crippen LogP contribution in [-0.4, -0.2) is 50.2 Å². The minimum atomic E-state index is -0.441. The molecule has 0 saturated carbocycles. The molecule has 0 N–H and O–H groups in total. The zero-order valence-corrected chi connectivity index (χ0v) is 20.7. The molecule has 3 amide bonds. The summed E-state index contributed by atoms with van der Waals surface area (Å²) in [6.45, 7) is 2.85. The van der Waals surface area contributed by atoms with Gasteiger partial charge in [-0.25, -0.2) is 9.97 Å². The van der Waals surface area contributed by atoms with Gasteiger partial charge >= 0.3 is 0 Å². The number of anilines is 1. The second-order valence-corrected chi connectivity index (χ2v) is 9.10. The number of rotatable bonds is 8. The molecule has 0 spiro atoms. The summed E-state index contributed by atoms with van der Waals surface area (Å²) in [5.74, 6) is -1.22. The molecule has 0 fully saturated rings. The van der Waals surface area contributed by atoms with Crippen molar-refractivity contribution in [1.82, 2.24) is 19.4 Å². The number of halogens is 1. The van der Waals surface area contributed by atoms with Crippen LogP contribution in [0.3, 0.4) is 0 Å². The van der Waals surface area contributed by atoms with Gasteiger partial charge in [-0.15, -0.1) is 12.4 Å². The molecule has 5 rings (SSSR count). The molecule has 0 saturated heterocycles. The third kappa shape index (κ3) is 4.82. The van der Waals surface area contributed by atoms with E-state index in [1.807, 2.05) is 22.9 Å². The Morgan fingerprint density at radius 1 is 1.09 bits per heavy atom. The molecule has 35 heavy (non-hydrogen) atoms. The molecular weight excluding hydrogens is 486 g/mol. The van der Waals surface area contributed by atoms with Crippen LogP contribution in [0.1, 0.15) is 39.6 Å². The van der Waals surface area contributed by atoms with Crippen LogP contribution in [0, 0.1) is 0 Å². The quantitative estimate of drug-likeness (QED) is 0.332. The van der Waals surface area contributed by atoms with Crippen molar-refractivity contribution in [3.05, 3.63) is 77.9 Å². The number of amides is 3. The van der Waals surface area contributed by atoms with Gasteiger partial charge in [-0.3, -0.25) is 24.2 Å². The highest BCUT2D eigenvalue weighted by Crippen LogP contribution is 2.31. The molecule has 180 valence electrons. The van der Waals surface area contributed by atoms with Gasteiger partial charge in [0.2, 0.25) is 5.91 Å². The van der Waals surface area contributed by atoms with Gasteiger partial charge in [0.15, 0.2) is 5.13 Å². The lowest BCUT2D eigenvalue weighted by Crippen LogP contribution is -2.43. The molecule has 1 aliphatic heterocycles. The molecule has 0 bridgehead atoms. The number of aromatic nitrogens is 3. The lowest BCUT2D eigenvalue weighted by molar-refractivity contribution is -0.119. The summed E-state index contributed by atoms with van der Waals surface area (Å²) in [6.07, 6.45) is 6.89. The van der Waals surface area contributed by atoms with E-state index in [-0.39, 0.29) is 24.9 Å². The van der Waals surface area contributed by atoms with Gasteiger partial charge in [-0.05, 0) is 42.7 Å². The first kappa shape index (κ1) is 24.6. The average Bonchev–Trinajstić information content (AvgIpc) is 3.57. The lowest BCUT2D eigenvalue weighted by Gasteiger charge is -2.22. The van der Waals surface area contributed by atoms with Crippen LogP contribution in [0.4, 0.5) is 5.13 Å². The van der Waals surface area contributed by atoms with Gasteiger partial charge in [-0.2, -0.15) is 0 Å². The summed E-state index contributed by atoms with van der Waals surface area (Å²) < 4.78 is 2.95. The Morgan fingerprint density at radius 2 is 1.83 bits per heavy atom. The highest BCUT2D eigenvalue weighted by Gasteiger charge is 2.37. The summed E-state index contributed by atoms with van der Waals surface area (Å²) in [5, 5.41) is 0.565. The molecule has 4 aromatic rings. The second kappa shape index (κ2) is 10.4. The van der Waals surface area contributed by atoms with Crippen molar-refractivity contribution < 1.29 is 14.4 Å². The van der Waals surface area contributed by atoms with Crippen molar-refractivity contribution in [2.45, 2.75) is 26.3 Å². The maximum Gasteiger partial charge on any atom is 0.262 e. The summed E-state index contributed by atoms with van der Waals surface area (Å²) >= 11 is 1.44. The van der Waals surface area contributed by atoms with Gasteiger partial charge in [0.1, 0.15) is 6.54 Å². The fourth-order valence-electron chi connectivity index (χ4n) is 4.05. The maximum atomic E-state index is 13.5. The van der Waals surface area contributed by atoms with Crippen LogP contribution in [0.5, 0.6) is 0 Å². The molecule has 0 radical (unpaired) electrons. The molecule has 10 heteroatoms. The number of hydrogen-bond acceptors (Lipinski definition) is 6. The van der Waals surface area contributed by atoms with Crippen LogP contribution in [-0.2, 0) is 17.8 Å². The number of imide groups is 1. The van der Waals surface area contributed by atoms with Gasteiger partial charge in [0, 0.05) is 25.5 Å². The summed E-state index contributed by atoms with van der Waals surface area (Å²) in [7, 11) is 0. The first-order valence-electron chi connectivity index (χ1n) is 11.2. The molecule has 0 atom stereocenters. The number of thiazole rings is 1. The standard InChI is InChI=1S/C25H23N5O3S.ClH/c1-2-17-8-9-20-21(14-17)34-25(27-20)29(12-5-11-28-13-10-26-16-28)22(31)15-30-23(32)18-6-3-4-7-19(18)24(30)33;/h3-4,6-10,13-14,16H,2,5,11-12,15H2,1H3;1H. The van der Waals surface area contributed by atoms with Crippen LogP contribution in [0.15, 0.2) is 61.2 Å². The zero-order chi connectivity index (χ0) is 23.7. The van der Waals surface area contributed by atoms with Crippen molar-refractivity contribution in [2.75, 3.05) is 18.0 Å². The van der Waals surface area contributed by atoms with E-state index in [1.165, 1.54) is 16.9 Å². The number of benzene rings is 2. The Balaban J connectivity index is 0.00000289. The normalized spacial score (nSPS) is 12.7. The molecule has 3 heterocycles. The molecular formula is C25H24ClN5O3S. The Kier molecular flexibility index (Phi) is 7.28. The highest BCUT2D eigenvalue weighted by atomic mass is 35.5. The molecule has 0 aliphatic carbocycles. The Hall–Kier alpha value is -3.56. The smallest absolute Gasteiger partial charge is 0.262 e. The van der Waals surface area contributed by atoms with E-state index >= 15 is 0 Å². The topological polar surface area (TPSA) is 88.4 Å². The van der Waals surface area contributed by atoms with Gasteiger partial charge in [0.05, 0.1) is 27.7 Å². The van der Waals surface area contributed by atoms with Crippen LogP contribution >= 0.6 is 23.7 Å². The number of carbonyl (C=O) groups excluding carboxylic acids is 3. The monoisotopic (exact) mass is 509 g/mol. The number of imidazole rings is 1. The largest absolute Gasteiger partial charge is 0.337 e. The van der Waals surface area contributed by atoms with E-state index in [0.717, 1.165) is 21.5 Å². The van der Waals surface area contributed by atoms with Crippen molar-refractivity contribution in [3.8, 4) is 0 Å². The van der Waals surface area contributed by atoms with Crippen molar-refractivity contribution >= 4 is 56.8 Å². The minimum absolute atomic E-state index is 0. The Bertz CT molecular complexity index is 1350. The summed E-state index contributed by atoms with van der Waals surface area (Å²) in [4.78, 5) is 50.4. The van der Waals surface area contributed by atoms with Gasteiger partial charge in [0.25, 0.3) is 11.8 Å². The van der Waals surface area contributed by atoms with E-state index in [2.05, 4.69) is 18.0 Å². The third-order valence-electron chi connectivity index (χ3n) is 5.91. The number of aryl methyl sites for hydroxylation is 2. The SMILES string of the molecule is CCc1ccc2nc(N(CCCn3ccnc3)C(=O)CN3C(=O)c4ccccc4C3=O)sc2c1.Cl. The summed E-state index contributed by atoms with van der Waals surface area (Å²) in [5.41, 5.74) is 2.69. The maximum absolute atomic E-state index is 13.5. The van der Waals surface area contributed by atoms with Crippen LogP contribution < -0.4 is 4.90 Å². The van der Waals surface area contributed by atoms with E-state index in [1.54, 1.807) is 41.7 Å². The van der Waals surface area contributed by atoms with Crippen LogP contribution in [0.2, 0.25) is 0 Å². The average molecular weight is 510 g/mol. The minimum Gasteiger partial charge on any atom is -0.337 e. The molecule has 1 aliphatic rings. The Labute approximate surface area is 212 Å². The fourth-order valence-corrected chi connectivity index (χ4v) is 5.13. The molecule has 2 aromatic carbocycles. The zero-order valence-electron chi connectivity index (χ0n) is 19.1. The number of fused-ring (bicyclic) bond motifs is 2. The third-order valence-corrected chi connectivity index (χ3v) is 6.95. The van der Waals surface area contributed by atoms with E-state index in [4.69, 9.17) is 4.98 Å². The lowest BCUT2D eigenvalue weighted by atomic mass is 10.1. The number of hydrogen-bond donors (Lipinski definition) is 0. The molecule has 2 aromatic heterocycles. The van der Waals surface area contributed by atoms with Crippen molar-refractivity contribution in [2.24, 2.45) is 0 Å². The summed E-state index contributed by atoms with van der Waals surface area (Å²) in [6, 6.07) is 12.7. The molecule has 8 nitrogen and oxygen atoms in total. The first-order valence-corrected chi connectivity index (χ1v) is 12.0. The predicted octanol–water partition coefficient (Wildman–Crippen LogP) is 4.20. The van der Waals surface area contributed by atoms with Crippen LogP contribution in [0.25, 0.3) is 10.2 Å². The Morgan fingerprint density at radius 3 is 2.49 bits per heavy atom. The number of nitrogens with zero attached hydrogens (tertiary/aromatic N) is 5. The fraction of sp³-hybridized carbons (Fsp3) is 0.240. The highest BCUT2D eigenvalue weighted by molar-refractivity contribution is 7.22.